The van der Waals surface area contributed by atoms with Crippen molar-refractivity contribution in [3.8, 4) is 0 Å². The summed E-state index contributed by atoms with van der Waals surface area (Å²) in [6, 6.07) is 15.3. The number of aromatic nitrogens is 1. The molecule has 1 aromatic heterocycles. The van der Waals surface area contributed by atoms with Gasteiger partial charge in [-0.1, -0.05) is 54.1 Å². The maximum atomic E-state index is 10.6. The molecule has 0 aliphatic carbocycles. The molecular weight excluding hydrogens is 340 g/mol. The fourth-order valence-electron chi connectivity index (χ4n) is 2.49. The lowest BCUT2D eigenvalue weighted by Crippen LogP contribution is -2.12. The minimum atomic E-state index is -0.789. The number of nitrogen functional groups attached to an aromatic ring is 1. The number of benzene rings is 2. The quantitative estimate of drug-likeness (QED) is 0.605. The van der Waals surface area contributed by atoms with Crippen LogP contribution < -0.4 is 16.8 Å². The Morgan fingerprint density at radius 3 is 2.52 bits per heavy atom. The van der Waals surface area contributed by atoms with Crippen LogP contribution in [-0.2, 0) is 17.9 Å². The van der Waals surface area contributed by atoms with E-state index in [0.717, 1.165) is 27.7 Å². The van der Waals surface area contributed by atoms with E-state index in [2.05, 4.69) is 10.3 Å². The fraction of sp³-hybridized carbons (Fsp3) is 0.111. The zero-order valence-corrected chi connectivity index (χ0v) is 14.1. The summed E-state index contributed by atoms with van der Waals surface area (Å²) in [7, 11) is 0. The lowest BCUT2D eigenvalue weighted by atomic mass is 10.1. The van der Waals surface area contributed by atoms with Gasteiger partial charge in [0.15, 0.2) is 5.15 Å². The van der Waals surface area contributed by atoms with Crippen molar-refractivity contribution in [2.75, 3.05) is 11.1 Å². The largest absolute Gasteiger partial charge is 0.445 e. The van der Waals surface area contributed by atoms with Gasteiger partial charge < -0.3 is 21.5 Å². The Morgan fingerprint density at radius 1 is 1.12 bits per heavy atom. The zero-order chi connectivity index (χ0) is 17.8. The summed E-state index contributed by atoms with van der Waals surface area (Å²) >= 11 is 6.13. The highest BCUT2D eigenvalue weighted by molar-refractivity contribution is 6.33. The van der Waals surface area contributed by atoms with Crippen LogP contribution in [0.25, 0.3) is 10.9 Å². The molecule has 0 atom stereocenters. The topological polar surface area (TPSA) is 103 Å². The number of nitrogens with zero attached hydrogens (tertiary/aromatic N) is 1. The second kappa shape index (κ2) is 7.27. The minimum absolute atomic E-state index is 0.153. The van der Waals surface area contributed by atoms with E-state index in [0.29, 0.717) is 12.2 Å². The van der Waals surface area contributed by atoms with E-state index < -0.39 is 6.09 Å². The molecule has 3 aromatic rings. The van der Waals surface area contributed by atoms with Gasteiger partial charge in [-0.25, -0.2) is 9.78 Å². The van der Waals surface area contributed by atoms with Crippen molar-refractivity contribution in [2.24, 2.45) is 5.73 Å². The molecule has 0 spiro atoms. The number of carbonyl (C=O) groups excluding carboxylic acids is 1. The van der Waals surface area contributed by atoms with Crippen molar-refractivity contribution in [1.29, 1.82) is 0 Å². The molecule has 0 aliphatic heterocycles. The maximum Gasteiger partial charge on any atom is 0.404 e. The summed E-state index contributed by atoms with van der Waals surface area (Å²) in [4.78, 5) is 14.9. The lowest BCUT2D eigenvalue weighted by molar-refractivity contribution is 0.150. The Labute approximate surface area is 149 Å². The van der Waals surface area contributed by atoms with Crippen molar-refractivity contribution in [3.63, 3.8) is 0 Å². The van der Waals surface area contributed by atoms with Crippen LogP contribution in [0.15, 0.2) is 48.5 Å². The first kappa shape index (κ1) is 16.9. The number of hydrogen-bond acceptors (Lipinski definition) is 5. The molecule has 3 rings (SSSR count). The standard InChI is InChI=1S/C18H17ClN4O2/c19-17-15(20)16(13-3-1-2-4-14(13)23-17)22-9-11-5-7-12(8-6-11)10-25-18(21)24/h1-8H,9-10,20H2,(H2,21,24)(H,22,23). The number of rotatable bonds is 5. The van der Waals surface area contributed by atoms with Crippen molar-refractivity contribution in [3.05, 3.63) is 64.8 Å². The number of halogens is 1. The van der Waals surface area contributed by atoms with Crippen LogP contribution in [0.5, 0.6) is 0 Å². The highest BCUT2D eigenvalue weighted by Gasteiger charge is 2.10. The molecule has 0 aliphatic rings. The van der Waals surface area contributed by atoms with Crippen molar-refractivity contribution in [2.45, 2.75) is 13.2 Å². The van der Waals surface area contributed by atoms with Crippen molar-refractivity contribution >= 4 is 40.0 Å². The number of para-hydroxylation sites is 1. The van der Waals surface area contributed by atoms with E-state index in [9.17, 15) is 4.79 Å². The molecule has 2 aromatic carbocycles. The van der Waals surface area contributed by atoms with E-state index in [4.69, 9.17) is 27.8 Å². The predicted octanol–water partition coefficient (Wildman–Crippen LogP) is 3.68. The Morgan fingerprint density at radius 2 is 1.80 bits per heavy atom. The van der Waals surface area contributed by atoms with Gasteiger partial charge in [-0.3, -0.25) is 0 Å². The monoisotopic (exact) mass is 356 g/mol. The van der Waals surface area contributed by atoms with Gasteiger partial charge in [0, 0.05) is 11.9 Å². The molecule has 1 heterocycles. The molecule has 1 amide bonds. The number of nitrogens with two attached hydrogens (primary N) is 2. The third-order valence-electron chi connectivity index (χ3n) is 3.76. The maximum absolute atomic E-state index is 10.6. The number of nitrogens with one attached hydrogen (secondary N) is 1. The average Bonchev–Trinajstić information content (AvgIpc) is 2.61. The zero-order valence-electron chi connectivity index (χ0n) is 13.3. The molecule has 0 saturated heterocycles. The van der Waals surface area contributed by atoms with Gasteiger partial charge in [-0.05, 0) is 17.2 Å². The van der Waals surface area contributed by atoms with Gasteiger partial charge >= 0.3 is 6.09 Å². The van der Waals surface area contributed by atoms with Crippen molar-refractivity contribution < 1.29 is 9.53 Å². The SMILES string of the molecule is NC(=O)OCc1ccc(CNc2c(N)c(Cl)nc3ccccc23)cc1. The predicted molar refractivity (Wildman–Crippen MR) is 99.3 cm³/mol. The first-order valence-corrected chi connectivity index (χ1v) is 8.00. The Kier molecular flexibility index (Phi) is 4.90. The fourth-order valence-corrected chi connectivity index (χ4v) is 2.67. The van der Waals surface area contributed by atoms with Crippen LogP contribution >= 0.6 is 11.6 Å². The number of ether oxygens (including phenoxy) is 1. The molecule has 0 bridgehead atoms. The number of fused-ring (bicyclic) bond motifs is 1. The number of anilines is 2. The van der Waals surface area contributed by atoms with E-state index in [-0.39, 0.29) is 11.8 Å². The van der Waals surface area contributed by atoms with Crippen LogP contribution in [0.2, 0.25) is 5.15 Å². The number of primary amides is 1. The molecular formula is C18H17ClN4O2. The van der Waals surface area contributed by atoms with Gasteiger partial charge in [0.05, 0.1) is 16.9 Å². The number of amides is 1. The van der Waals surface area contributed by atoms with Crippen LogP contribution in [0.3, 0.4) is 0 Å². The van der Waals surface area contributed by atoms with Gasteiger partial charge in [-0.2, -0.15) is 0 Å². The van der Waals surface area contributed by atoms with Gasteiger partial charge in [-0.15, -0.1) is 0 Å². The van der Waals surface area contributed by atoms with Gasteiger partial charge in [0.1, 0.15) is 6.61 Å². The summed E-state index contributed by atoms with van der Waals surface area (Å²) in [5.41, 5.74) is 14.9. The molecule has 6 nitrogen and oxygen atoms in total. The Bertz CT molecular complexity index is 913. The first-order chi connectivity index (χ1) is 12.0. The van der Waals surface area contributed by atoms with E-state index >= 15 is 0 Å². The molecule has 25 heavy (non-hydrogen) atoms. The first-order valence-electron chi connectivity index (χ1n) is 7.62. The van der Waals surface area contributed by atoms with Gasteiger partial charge in [0.25, 0.3) is 0 Å². The molecule has 0 fully saturated rings. The van der Waals surface area contributed by atoms with Crippen LogP contribution in [0.4, 0.5) is 16.2 Å². The third kappa shape index (κ3) is 3.92. The molecule has 5 N–H and O–H groups in total. The van der Waals surface area contributed by atoms with Crippen molar-refractivity contribution in [1.82, 2.24) is 4.98 Å². The van der Waals surface area contributed by atoms with Gasteiger partial charge in [0.2, 0.25) is 0 Å². The van der Waals surface area contributed by atoms with Crippen LogP contribution in [0.1, 0.15) is 11.1 Å². The molecule has 0 saturated carbocycles. The molecule has 128 valence electrons. The summed E-state index contributed by atoms with van der Waals surface area (Å²) in [5, 5.41) is 4.52. The third-order valence-corrected chi connectivity index (χ3v) is 4.05. The Balaban J connectivity index is 1.76. The average molecular weight is 357 g/mol. The normalized spacial score (nSPS) is 10.6. The number of pyridine rings is 1. The van der Waals surface area contributed by atoms with E-state index in [1.54, 1.807) is 0 Å². The summed E-state index contributed by atoms with van der Waals surface area (Å²) < 4.78 is 4.76. The lowest BCUT2D eigenvalue weighted by Gasteiger charge is -2.14. The summed E-state index contributed by atoms with van der Waals surface area (Å²) in [6.07, 6.45) is -0.789. The summed E-state index contributed by atoms with van der Waals surface area (Å²) in [5.74, 6) is 0. The number of hydrogen-bond donors (Lipinski definition) is 3. The minimum Gasteiger partial charge on any atom is -0.445 e. The second-order valence-electron chi connectivity index (χ2n) is 5.49. The van der Waals surface area contributed by atoms with Crippen LogP contribution in [0, 0.1) is 0 Å². The highest BCUT2D eigenvalue weighted by atomic mass is 35.5. The second-order valence-corrected chi connectivity index (χ2v) is 5.84. The van der Waals surface area contributed by atoms with E-state index in [1.807, 2.05) is 48.5 Å². The highest BCUT2D eigenvalue weighted by Crippen LogP contribution is 2.33. The number of carbonyl (C=O) groups is 1. The molecule has 0 radical (unpaired) electrons. The molecule has 7 heteroatoms. The molecule has 0 unspecified atom stereocenters. The van der Waals surface area contributed by atoms with E-state index in [1.165, 1.54) is 0 Å². The van der Waals surface area contributed by atoms with Crippen LogP contribution in [-0.4, -0.2) is 11.1 Å². The Hall–Kier alpha value is -2.99. The smallest absolute Gasteiger partial charge is 0.404 e. The summed E-state index contributed by atoms with van der Waals surface area (Å²) in [6.45, 7) is 0.714.